The molecule has 0 aromatic heterocycles. The highest BCUT2D eigenvalue weighted by Gasteiger charge is 2.46. The van der Waals surface area contributed by atoms with Crippen LogP contribution in [0.5, 0.6) is 0 Å². The molecule has 210 valence electrons. The summed E-state index contributed by atoms with van der Waals surface area (Å²) in [5.41, 5.74) is -0.641. The van der Waals surface area contributed by atoms with Crippen molar-refractivity contribution in [3.05, 3.63) is 0 Å². The summed E-state index contributed by atoms with van der Waals surface area (Å²) in [6.07, 6.45) is 5.86. The van der Waals surface area contributed by atoms with Crippen molar-refractivity contribution in [1.29, 1.82) is 0 Å². The van der Waals surface area contributed by atoms with Gasteiger partial charge in [0, 0.05) is 31.0 Å². The Morgan fingerprint density at radius 3 is 2.17 bits per heavy atom. The SMILES string of the molecule is CCCC(C)(CC)OCCC(C)(C)NC(=O)CO[C@H]1[C@@H]([C@H](NC(C)=O)C(CC)CC)CC[C@@H]1C(=O)O. The monoisotopic (exact) mass is 512 g/mol. The number of carbonyl (C=O) groups excluding carboxylic acids is 2. The van der Waals surface area contributed by atoms with Crippen LogP contribution in [0.3, 0.4) is 0 Å². The van der Waals surface area contributed by atoms with Gasteiger partial charge in [-0.05, 0) is 58.8 Å². The smallest absolute Gasteiger partial charge is 0.309 e. The number of carbonyl (C=O) groups is 3. The maximum atomic E-state index is 12.8. The van der Waals surface area contributed by atoms with Crippen molar-refractivity contribution >= 4 is 17.8 Å². The van der Waals surface area contributed by atoms with E-state index in [-0.39, 0.29) is 41.9 Å². The minimum Gasteiger partial charge on any atom is -0.481 e. The fourth-order valence-electron chi connectivity index (χ4n) is 5.57. The molecule has 3 N–H and O–H groups in total. The third-order valence-corrected chi connectivity index (χ3v) is 7.92. The summed E-state index contributed by atoms with van der Waals surface area (Å²) in [6.45, 7) is 16.3. The summed E-state index contributed by atoms with van der Waals surface area (Å²) >= 11 is 0. The van der Waals surface area contributed by atoms with E-state index in [9.17, 15) is 19.5 Å². The fraction of sp³-hybridized carbons (Fsp3) is 0.893. The number of carboxylic acids is 1. The Hall–Kier alpha value is -1.67. The van der Waals surface area contributed by atoms with Crippen molar-refractivity contribution in [1.82, 2.24) is 10.6 Å². The van der Waals surface area contributed by atoms with Gasteiger partial charge in [0.05, 0.1) is 17.6 Å². The predicted molar refractivity (Wildman–Crippen MR) is 142 cm³/mol. The lowest BCUT2D eigenvalue weighted by Crippen LogP contribution is -2.50. The van der Waals surface area contributed by atoms with Crippen LogP contribution in [0.15, 0.2) is 0 Å². The van der Waals surface area contributed by atoms with Crippen LogP contribution < -0.4 is 10.6 Å². The molecule has 1 aliphatic carbocycles. The van der Waals surface area contributed by atoms with Gasteiger partial charge in [-0.25, -0.2) is 0 Å². The molecule has 1 unspecified atom stereocenters. The number of ether oxygens (including phenoxy) is 2. The summed E-state index contributed by atoms with van der Waals surface area (Å²) in [5, 5.41) is 15.9. The Balaban J connectivity index is 2.82. The molecule has 1 fully saturated rings. The molecule has 0 aromatic carbocycles. The molecule has 0 aliphatic heterocycles. The van der Waals surface area contributed by atoms with E-state index >= 15 is 0 Å². The van der Waals surface area contributed by atoms with E-state index in [2.05, 4.69) is 45.3 Å². The zero-order valence-corrected chi connectivity index (χ0v) is 23.9. The fourth-order valence-corrected chi connectivity index (χ4v) is 5.57. The Bertz CT molecular complexity index is 708. The lowest BCUT2D eigenvalue weighted by atomic mass is 9.82. The molecule has 0 saturated heterocycles. The zero-order valence-electron chi connectivity index (χ0n) is 23.9. The number of carboxylic acid groups (broad SMARTS) is 1. The molecule has 0 radical (unpaired) electrons. The molecule has 0 heterocycles. The van der Waals surface area contributed by atoms with Gasteiger partial charge in [0.2, 0.25) is 11.8 Å². The van der Waals surface area contributed by atoms with E-state index in [0.29, 0.717) is 25.9 Å². The lowest BCUT2D eigenvalue weighted by Gasteiger charge is -2.35. The number of aliphatic carboxylic acids is 1. The quantitative estimate of drug-likeness (QED) is 0.260. The second-order valence-electron chi connectivity index (χ2n) is 11.3. The van der Waals surface area contributed by atoms with Gasteiger partial charge in [-0.15, -0.1) is 0 Å². The molecule has 1 saturated carbocycles. The van der Waals surface area contributed by atoms with Crippen molar-refractivity contribution in [2.24, 2.45) is 17.8 Å². The summed E-state index contributed by atoms with van der Waals surface area (Å²) in [4.78, 5) is 36.7. The van der Waals surface area contributed by atoms with Gasteiger partial charge < -0.3 is 25.2 Å². The predicted octanol–water partition coefficient (Wildman–Crippen LogP) is 4.69. The Labute approximate surface area is 218 Å². The number of hydrogen-bond acceptors (Lipinski definition) is 5. The Morgan fingerprint density at radius 1 is 1.03 bits per heavy atom. The van der Waals surface area contributed by atoms with Crippen molar-refractivity contribution in [2.75, 3.05) is 13.2 Å². The molecule has 0 bridgehead atoms. The van der Waals surface area contributed by atoms with Crippen molar-refractivity contribution in [3.8, 4) is 0 Å². The van der Waals surface area contributed by atoms with Crippen molar-refractivity contribution < 1.29 is 29.0 Å². The molecule has 36 heavy (non-hydrogen) atoms. The van der Waals surface area contributed by atoms with Crippen molar-refractivity contribution in [3.63, 3.8) is 0 Å². The maximum Gasteiger partial charge on any atom is 0.309 e. The first-order chi connectivity index (χ1) is 16.8. The van der Waals surface area contributed by atoms with Crippen LogP contribution in [-0.4, -0.2) is 59.4 Å². The van der Waals surface area contributed by atoms with Crippen molar-refractivity contribution in [2.45, 2.75) is 130 Å². The average molecular weight is 513 g/mol. The number of nitrogens with one attached hydrogen (secondary N) is 2. The van der Waals surface area contributed by atoms with Gasteiger partial charge in [0.1, 0.15) is 6.61 Å². The van der Waals surface area contributed by atoms with E-state index < -0.39 is 23.5 Å². The van der Waals surface area contributed by atoms with E-state index in [1.165, 1.54) is 6.92 Å². The maximum absolute atomic E-state index is 12.8. The van der Waals surface area contributed by atoms with Gasteiger partial charge in [-0.3, -0.25) is 14.4 Å². The van der Waals surface area contributed by atoms with Crippen LogP contribution in [0.25, 0.3) is 0 Å². The van der Waals surface area contributed by atoms with Crippen LogP contribution >= 0.6 is 0 Å². The second kappa shape index (κ2) is 14.9. The lowest BCUT2D eigenvalue weighted by molar-refractivity contribution is -0.150. The average Bonchev–Trinajstić information content (AvgIpc) is 3.21. The highest BCUT2D eigenvalue weighted by molar-refractivity contribution is 5.78. The van der Waals surface area contributed by atoms with E-state index in [4.69, 9.17) is 9.47 Å². The molecule has 1 aliphatic rings. The first-order valence-electron chi connectivity index (χ1n) is 13.9. The highest BCUT2D eigenvalue weighted by Crippen LogP contribution is 2.39. The van der Waals surface area contributed by atoms with E-state index in [0.717, 1.165) is 32.1 Å². The molecule has 8 nitrogen and oxygen atoms in total. The van der Waals surface area contributed by atoms with Gasteiger partial charge in [0.15, 0.2) is 0 Å². The molecule has 0 spiro atoms. The summed E-state index contributed by atoms with van der Waals surface area (Å²) in [5.74, 6) is -1.96. The molecule has 0 aromatic rings. The molecule has 1 rings (SSSR count). The Morgan fingerprint density at radius 2 is 1.67 bits per heavy atom. The number of rotatable bonds is 17. The summed E-state index contributed by atoms with van der Waals surface area (Å²) < 4.78 is 12.2. The number of amides is 2. The standard InChI is InChI=1S/C28H52N2O6/c1-9-15-28(8,12-4)36-17-16-27(6,7)30-23(32)18-35-25-21(13-14-22(25)26(33)34)24(29-19(5)31)20(10-2)11-3/h20-22,24-25H,9-18H2,1-8H3,(H,29,31)(H,30,32)(H,33,34)/t21-,22+,24-,25+,28?/m1/s1. The summed E-state index contributed by atoms with van der Waals surface area (Å²) in [7, 11) is 0. The normalized spacial score (nSPS) is 22.8. The van der Waals surface area contributed by atoms with Crippen LogP contribution in [-0.2, 0) is 23.9 Å². The highest BCUT2D eigenvalue weighted by atomic mass is 16.5. The zero-order chi connectivity index (χ0) is 27.5. The topological polar surface area (TPSA) is 114 Å². The molecule has 5 atom stereocenters. The minimum absolute atomic E-state index is 0.135. The van der Waals surface area contributed by atoms with Crippen LogP contribution in [0.1, 0.15) is 107 Å². The molecular weight excluding hydrogens is 460 g/mol. The van der Waals surface area contributed by atoms with Crippen LogP contribution in [0, 0.1) is 17.8 Å². The van der Waals surface area contributed by atoms with Crippen LogP contribution in [0.4, 0.5) is 0 Å². The largest absolute Gasteiger partial charge is 0.481 e. The first-order valence-corrected chi connectivity index (χ1v) is 13.9. The van der Waals surface area contributed by atoms with Crippen LogP contribution in [0.2, 0.25) is 0 Å². The summed E-state index contributed by atoms with van der Waals surface area (Å²) in [6, 6.07) is -0.181. The van der Waals surface area contributed by atoms with E-state index in [1.807, 2.05) is 13.8 Å². The Kier molecular flexibility index (Phi) is 13.4. The third-order valence-electron chi connectivity index (χ3n) is 7.92. The molecule has 8 heteroatoms. The minimum atomic E-state index is -0.919. The second-order valence-corrected chi connectivity index (χ2v) is 11.3. The third kappa shape index (κ3) is 10.0. The van der Waals surface area contributed by atoms with Gasteiger partial charge >= 0.3 is 5.97 Å². The first kappa shape index (κ1) is 32.4. The molecular formula is C28H52N2O6. The van der Waals surface area contributed by atoms with E-state index in [1.54, 1.807) is 0 Å². The van der Waals surface area contributed by atoms with Gasteiger partial charge in [-0.1, -0.05) is 47.0 Å². The van der Waals surface area contributed by atoms with Gasteiger partial charge in [0.25, 0.3) is 0 Å². The van der Waals surface area contributed by atoms with Gasteiger partial charge in [-0.2, -0.15) is 0 Å². The number of hydrogen-bond donors (Lipinski definition) is 3. The molecule has 2 amide bonds.